The topological polar surface area (TPSA) is 49.3 Å². The number of hydrogen-bond donors (Lipinski definition) is 2. The van der Waals surface area contributed by atoms with Crippen LogP contribution in [-0.4, -0.2) is 11.1 Å². The van der Waals surface area contributed by atoms with Gasteiger partial charge in [0.05, 0.1) is 11.1 Å². The lowest BCUT2D eigenvalue weighted by Gasteiger charge is -2.09. The van der Waals surface area contributed by atoms with E-state index in [4.69, 9.17) is 0 Å². The molecule has 0 saturated carbocycles. The van der Waals surface area contributed by atoms with Crippen molar-refractivity contribution in [3.63, 3.8) is 0 Å². The van der Waals surface area contributed by atoms with Crippen LogP contribution in [0.5, 0.6) is 0 Å². The average Bonchev–Trinajstić information content (AvgIpc) is 2.86. The van der Waals surface area contributed by atoms with Gasteiger partial charge in [-0.05, 0) is 71.3 Å². The first-order valence-electron chi connectivity index (χ1n) is 10.8. The Bertz CT molecular complexity index is 1450. The Morgan fingerprint density at radius 2 is 1.53 bits per heavy atom. The van der Waals surface area contributed by atoms with Gasteiger partial charge in [-0.2, -0.15) is 13.2 Å². The minimum absolute atomic E-state index is 0.0462. The van der Waals surface area contributed by atoms with Crippen molar-refractivity contribution in [2.75, 3.05) is 5.32 Å². The van der Waals surface area contributed by atoms with Gasteiger partial charge in [-0.15, -0.1) is 0 Å². The van der Waals surface area contributed by atoms with Crippen molar-refractivity contribution in [1.82, 2.24) is 0 Å². The van der Waals surface area contributed by atoms with Gasteiger partial charge in [0, 0.05) is 23.4 Å². The van der Waals surface area contributed by atoms with Gasteiger partial charge in [-0.1, -0.05) is 48.2 Å². The van der Waals surface area contributed by atoms with E-state index in [9.17, 15) is 27.5 Å². The summed E-state index contributed by atoms with van der Waals surface area (Å²) in [4.78, 5) is 11.7. The Balaban J connectivity index is 1.53. The SMILES string of the molecule is O=C(O)c1ccc(-c2ccc(F)cc2)cc1C#Cc1cccc(NCc2ccc(C(F)(F)F)cc2)c1. The van der Waals surface area contributed by atoms with E-state index in [2.05, 4.69) is 17.2 Å². The lowest BCUT2D eigenvalue weighted by molar-refractivity contribution is -0.137. The van der Waals surface area contributed by atoms with Crippen molar-refractivity contribution in [3.8, 4) is 23.0 Å². The highest BCUT2D eigenvalue weighted by Crippen LogP contribution is 2.29. The van der Waals surface area contributed by atoms with E-state index in [-0.39, 0.29) is 11.4 Å². The summed E-state index contributed by atoms with van der Waals surface area (Å²) in [5, 5.41) is 12.7. The van der Waals surface area contributed by atoms with Crippen LogP contribution in [0.2, 0.25) is 0 Å². The molecule has 0 unspecified atom stereocenters. The normalized spacial score (nSPS) is 10.9. The summed E-state index contributed by atoms with van der Waals surface area (Å²) < 4.78 is 51.4. The molecule has 4 aromatic carbocycles. The summed E-state index contributed by atoms with van der Waals surface area (Å²) in [7, 11) is 0. The molecule has 36 heavy (non-hydrogen) atoms. The summed E-state index contributed by atoms with van der Waals surface area (Å²) in [6, 6.07) is 22.6. The molecule has 0 spiro atoms. The third-order valence-corrected chi connectivity index (χ3v) is 5.41. The Hall–Kier alpha value is -4.57. The Labute approximate surface area is 205 Å². The van der Waals surface area contributed by atoms with Gasteiger partial charge in [0.1, 0.15) is 5.82 Å². The fourth-order valence-electron chi connectivity index (χ4n) is 3.52. The molecule has 0 radical (unpaired) electrons. The Kier molecular flexibility index (Phi) is 7.07. The van der Waals surface area contributed by atoms with Crippen LogP contribution in [-0.2, 0) is 12.7 Å². The zero-order valence-corrected chi connectivity index (χ0v) is 18.7. The number of aromatic carboxylic acids is 1. The van der Waals surface area contributed by atoms with Crippen molar-refractivity contribution in [1.29, 1.82) is 0 Å². The molecule has 4 aromatic rings. The molecule has 0 saturated heterocycles. The van der Waals surface area contributed by atoms with Crippen LogP contribution in [0.3, 0.4) is 0 Å². The molecular weight excluding hydrogens is 470 g/mol. The predicted octanol–water partition coefficient (Wildman–Crippen LogP) is 7.22. The standard InChI is InChI=1S/C29H19F4NO2/c30-25-13-8-21(9-14-25)22-10-15-27(28(35)36)23(17-22)7-4-19-2-1-3-26(16-19)34-18-20-5-11-24(12-6-20)29(31,32)33/h1-3,5-6,8-17,34H,18H2,(H,35,36). The van der Waals surface area contributed by atoms with E-state index in [0.717, 1.165) is 17.7 Å². The molecule has 0 heterocycles. The first-order chi connectivity index (χ1) is 17.2. The summed E-state index contributed by atoms with van der Waals surface area (Å²) in [6.45, 7) is 0.317. The van der Waals surface area contributed by atoms with Crippen LogP contribution in [0.25, 0.3) is 11.1 Å². The molecule has 0 bridgehead atoms. The number of hydrogen-bond acceptors (Lipinski definition) is 2. The maximum absolute atomic E-state index is 13.3. The van der Waals surface area contributed by atoms with Crippen LogP contribution in [0.1, 0.15) is 32.6 Å². The van der Waals surface area contributed by atoms with Crippen molar-refractivity contribution >= 4 is 11.7 Å². The monoisotopic (exact) mass is 489 g/mol. The summed E-state index contributed by atoms with van der Waals surface area (Å²) in [5.74, 6) is 4.40. The van der Waals surface area contributed by atoms with Gasteiger partial charge in [-0.3, -0.25) is 0 Å². The number of rotatable bonds is 5. The van der Waals surface area contributed by atoms with Crippen molar-refractivity contribution < 1.29 is 27.5 Å². The van der Waals surface area contributed by atoms with Crippen LogP contribution in [0.15, 0.2) is 91.0 Å². The summed E-state index contributed by atoms with van der Waals surface area (Å²) in [6.07, 6.45) is -4.38. The molecule has 2 N–H and O–H groups in total. The Morgan fingerprint density at radius 1 is 0.833 bits per heavy atom. The predicted molar refractivity (Wildman–Crippen MR) is 130 cm³/mol. The number of carboxylic acid groups (broad SMARTS) is 1. The number of carboxylic acids is 1. The quantitative estimate of drug-likeness (QED) is 0.230. The van der Waals surface area contributed by atoms with Crippen molar-refractivity contribution in [2.45, 2.75) is 12.7 Å². The first kappa shape index (κ1) is 24.6. The number of benzene rings is 4. The Morgan fingerprint density at radius 3 is 2.19 bits per heavy atom. The zero-order chi connectivity index (χ0) is 25.7. The highest BCUT2D eigenvalue weighted by molar-refractivity contribution is 5.92. The third-order valence-electron chi connectivity index (χ3n) is 5.41. The number of anilines is 1. The lowest BCUT2D eigenvalue weighted by atomic mass is 9.99. The molecule has 0 aromatic heterocycles. The summed E-state index contributed by atoms with van der Waals surface area (Å²) >= 11 is 0. The van der Waals surface area contributed by atoms with Crippen molar-refractivity contribution in [3.05, 3.63) is 125 Å². The van der Waals surface area contributed by atoms with Crippen molar-refractivity contribution in [2.24, 2.45) is 0 Å². The van der Waals surface area contributed by atoms with E-state index in [0.29, 0.717) is 34.5 Å². The molecule has 0 atom stereocenters. The summed E-state index contributed by atoms with van der Waals surface area (Å²) in [5.41, 5.74) is 3.10. The minimum Gasteiger partial charge on any atom is -0.478 e. The van der Waals surface area contributed by atoms with Crippen LogP contribution in [0, 0.1) is 17.7 Å². The molecule has 7 heteroatoms. The van der Waals surface area contributed by atoms with Gasteiger partial charge in [0.25, 0.3) is 0 Å². The van der Waals surface area contributed by atoms with Crippen LogP contribution < -0.4 is 5.32 Å². The molecule has 0 aliphatic rings. The molecule has 0 amide bonds. The number of alkyl halides is 3. The molecular formula is C29H19F4NO2. The van der Waals surface area contributed by atoms with Crippen LogP contribution >= 0.6 is 0 Å². The van der Waals surface area contributed by atoms with Gasteiger partial charge >= 0.3 is 12.1 Å². The van der Waals surface area contributed by atoms with Crippen LogP contribution in [0.4, 0.5) is 23.2 Å². The van der Waals surface area contributed by atoms with E-state index in [1.807, 2.05) is 0 Å². The highest BCUT2D eigenvalue weighted by atomic mass is 19.4. The first-order valence-corrected chi connectivity index (χ1v) is 10.8. The van der Waals surface area contributed by atoms with Gasteiger partial charge in [0.2, 0.25) is 0 Å². The molecule has 3 nitrogen and oxygen atoms in total. The number of halogens is 4. The average molecular weight is 489 g/mol. The third kappa shape index (κ3) is 6.10. The largest absolute Gasteiger partial charge is 0.478 e. The zero-order valence-electron chi connectivity index (χ0n) is 18.7. The number of carbonyl (C=O) groups is 1. The second-order valence-electron chi connectivity index (χ2n) is 7.95. The van der Waals surface area contributed by atoms with E-state index >= 15 is 0 Å². The maximum Gasteiger partial charge on any atom is 0.416 e. The van der Waals surface area contributed by atoms with E-state index < -0.39 is 17.7 Å². The van der Waals surface area contributed by atoms with Gasteiger partial charge < -0.3 is 10.4 Å². The molecule has 0 aliphatic heterocycles. The van der Waals surface area contributed by atoms with E-state index in [1.54, 1.807) is 48.5 Å². The fourth-order valence-corrected chi connectivity index (χ4v) is 3.52. The van der Waals surface area contributed by atoms with Gasteiger partial charge in [-0.25, -0.2) is 9.18 Å². The molecule has 4 rings (SSSR count). The fraction of sp³-hybridized carbons (Fsp3) is 0.0690. The lowest BCUT2D eigenvalue weighted by Crippen LogP contribution is -2.05. The second-order valence-corrected chi connectivity index (χ2v) is 7.95. The molecule has 180 valence electrons. The second kappa shape index (κ2) is 10.4. The molecule has 0 fully saturated rings. The molecule has 0 aliphatic carbocycles. The maximum atomic E-state index is 13.3. The van der Waals surface area contributed by atoms with Gasteiger partial charge in [0.15, 0.2) is 0 Å². The smallest absolute Gasteiger partial charge is 0.416 e. The van der Waals surface area contributed by atoms with E-state index in [1.165, 1.54) is 30.3 Å². The minimum atomic E-state index is -4.38. The number of nitrogens with one attached hydrogen (secondary N) is 1. The highest BCUT2D eigenvalue weighted by Gasteiger charge is 2.29.